The van der Waals surface area contributed by atoms with Gasteiger partial charge in [0, 0.05) is 22.9 Å². The van der Waals surface area contributed by atoms with Gasteiger partial charge in [-0.05, 0) is 37.6 Å². The fourth-order valence-corrected chi connectivity index (χ4v) is 4.50. The Bertz CT molecular complexity index is 681. The van der Waals surface area contributed by atoms with Gasteiger partial charge in [-0.2, -0.15) is 0 Å². The summed E-state index contributed by atoms with van der Waals surface area (Å²) < 4.78 is 5.10. The van der Waals surface area contributed by atoms with Gasteiger partial charge >= 0.3 is 5.97 Å². The third-order valence-corrected chi connectivity index (χ3v) is 5.95. The number of thioether (sulfide) groups is 1. The number of carbonyl (C=O) groups excluding carboxylic acids is 3. The first-order chi connectivity index (χ1) is 11.4. The van der Waals surface area contributed by atoms with Crippen molar-refractivity contribution < 1.29 is 19.1 Å². The maximum absolute atomic E-state index is 12.3. The van der Waals surface area contributed by atoms with E-state index < -0.39 is 17.9 Å². The number of hydrogen-bond acceptors (Lipinski definition) is 5. The summed E-state index contributed by atoms with van der Waals surface area (Å²) >= 11 is 7.36. The Balaban J connectivity index is 1.53. The molecule has 2 amide bonds. The highest BCUT2D eigenvalue weighted by Gasteiger charge is 2.53. The fraction of sp³-hybridized carbons (Fsp3) is 0.438. The lowest BCUT2D eigenvalue weighted by Gasteiger charge is -2.29. The first-order valence-corrected chi connectivity index (χ1v) is 8.93. The molecule has 0 radical (unpaired) electrons. The Morgan fingerprint density at radius 2 is 2.12 bits per heavy atom. The summed E-state index contributed by atoms with van der Waals surface area (Å²) in [7, 11) is 0. The van der Waals surface area contributed by atoms with Gasteiger partial charge in [0.2, 0.25) is 5.91 Å². The van der Waals surface area contributed by atoms with Gasteiger partial charge in [0.1, 0.15) is 6.04 Å². The lowest BCUT2D eigenvalue weighted by Crippen LogP contribution is -2.47. The monoisotopic (exact) mass is 368 g/mol. The predicted octanol–water partition coefficient (Wildman–Crippen LogP) is 2.28. The van der Waals surface area contributed by atoms with E-state index in [-0.39, 0.29) is 17.4 Å². The third-order valence-electron chi connectivity index (χ3n) is 4.19. The van der Waals surface area contributed by atoms with Gasteiger partial charge in [-0.25, -0.2) is 4.79 Å². The van der Waals surface area contributed by atoms with Crippen LogP contribution in [0.15, 0.2) is 24.3 Å². The fourth-order valence-electron chi connectivity index (χ4n) is 2.96. The smallest absolute Gasteiger partial charge is 0.330 e. The van der Waals surface area contributed by atoms with Crippen LogP contribution in [0, 0.1) is 0 Å². The number of amides is 2. The molecule has 1 aromatic rings. The van der Waals surface area contributed by atoms with E-state index in [0.717, 1.165) is 6.42 Å². The molecule has 0 saturated carbocycles. The molecular weight excluding hydrogens is 352 g/mol. The van der Waals surface area contributed by atoms with Crippen molar-refractivity contribution in [2.24, 2.45) is 0 Å². The molecule has 2 aliphatic rings. The van der Waals surface area contributed by atoms with E-state index in [2.05, 4.69) is 5.32 Å². The highest BCUT2D eigenvalue weighted by atomic mass is 35.5. The number of carbonyl (C=O) groups is 3. The first kappa shape index (κ1) is 17.1. The summed E-state index contributed by atoms with van der Waals surface area (Å²) in [5, 5.41) is 3.18. The summed E-state index contributed by atoms with van der Waals surface area (Å²) in [5.41, 5.74) is 0.569. The van der Waals surface area contributed by atoms with Gasteiger partial charge < -0.3 is 15.0 Å². The Morgan fingerprint density at radius 3 is 2.83 bits per heavy atom. The summed E-state index contributed by atoms with van der Waals surface area (Å²) in [6, 6.07) is 6.00. The minimum atomic E-state index is -0.613. The molecule has 0 spiro atoms. The Morgan fingerprint density at radius 1 is 1.42 bits per heavy atom. The van der Waals surface area contributed by atoms with Gasteiger partial charge in [-0.1, -0.05) is 11.6 Å². The molecule has 2 atom stereocenters. The van der Waals surface area contributed by atoms with Crippen molar-refractivity contribution in [1.82, 2.24) is 4.90 Å². The maximum Gasteiger partial charge on any atom is 0.330 e. The number of rotatable bonds is 4. The first-order valence-electron chi connectivity index (χ1n) is 7.57. The van der Waals surface area contributed by atoms with E-state index in [1.807, 2.05) is 6.92 Å². The number of esters is 1. The van der Waals surface area contributed by atoms with Gasteiger partial charge in [-0.15, -0.1) is 11.8 Å². The molecule has 2 saturated heterocycles. The summed E-state index contributed by atoms with van der Waals surface area (Å²) in [5.74, 6) is -0.505. The topological polar surface area (TPSA) is 75.7 Å². The molecule has 8 heteroatoms. The van der Waals surface area contributed by atoms with Crippen LogP contribution in [0.4, 0.5) is 5.69 Å². The van der Waals surface area contributed by atoms with Crippen LogP contribution in [-0.2, 0) is 19.1 Å². The van der Waals surface area contributed by atoms with Crippen molar-refractivity contribution in [3.05, 3.63) is 29.3 Å². The number of anilines is 1. The number of nitrogens with one attached hydrogen (secondary N) is 1. The molecular formula is C16H17ClN2O4S. The molecule has 3 rings (SSSR count). The molecule has 0 unspecified atom stereocenters. The number of fused-ring (bicyclic) bond motifs is 1. The average Bonchev–Trinajstić information content (AvgIpc) is 3.04. The number of ether oxygens (including phenoxy) is 1. The number of hydrogen-bond donors (Lipinski definition) is 1. The molecule has 128 valence electrons. The maximum atomic E-state index is 12.3. The summed E-state index contributed by atoms with van der Waals surface area (Å²) in [4.78, 5) is 37.4. The molecule has 2 fully saturated rings. The van der Waals surface area contributed by atoms with E-state index in [1.165, 1.54) is 0 Å². The minimum absolute atomic E-state index is 0.0323. The predicted molar refractivity (Wildman–Crippen MR) is 91.8 cm³/mol. The normalized spacial score (nSPS) is 25.5. The van der Waals surface area contributed by atoms with Gasteiger partial charge in [0.15, 0.2) is 6.61 Å². The quantitative estimate of drug-likeness (QED) is 0.825. The number of nitrogens with zero attached hydrogens (tertiary/aromatic N) is 1. The second-order valence-corrected chi connectivity index (χ2v) is 7.87. The van der Waals surface area contributed by atoms with Crippen molar-refractivity contribution in [1.29, 1.82) is 0 Å². The van der Waals surface area contributed by atoms with Crippen molar-refractivity contribution in [2.75, 3.05) is 17.7 Å². The standard InChI is InChI=1S/C16H17ClN2O4S/c1-16-7-6-14(21)19(16)12(9-24-16)15(22)23-8-13(20)18-11-4-2-10(17)3-5-11/h2-5,12H,6-9H2,1H3,(H,18,20)/t12-,16-/m0/s1. The summed E-state index contributed by atoms with van der Waals surface area (Å²) in [6.45, 7) is 1.57. The molecule has 2 heterocycles. The van der Waals surface area contributed by atoms with Crippen LogP contribution in [-0.4, -0.2) is 46.0 Å². The molecule has 0 aromatic heterocycles. The van der Waals surface area contributed by atoms with Crippen molar-refractivity contribution in [2.45, 2.75) is 30.7 Å². The molecule has 0 bridgehead atoms. The zero-order valence-corrected chi connectivity index (χ0v) is 14.7. The van der Waals surface area contributed by atoms with Crippen LogP contribution in [0.25, 0.3) is 0 Å². The van der Waals surface area contributed by atoms with E-state index >= 15 is 0 Å². The van der Waals surface area contributed by atoms with E-state index in [4.69, 9.17) is 16.3 Å². The van der Waals surface area contributed by atoms with Crippen LogP contribution in [0.2, 0.25) is 5.02 Å². The lowest BCUT2D eigenvalue weighted by molar-refractivity contribution is -0.155. The van der Waals surface area contributed by atoms with Crippen LogP contribution >= 0.6 is 23.4 Å². The molecule has 0 aliphatic carbocycles. The van der Waals surface area contributed by atoms with Gasteiger partial charge in [0.05, 0.1) is 4.87 Å². The SMILES string of the molecule is C[C@]12CCC(=O)N1[C@H](C(=O)OCC(=O)Nc1ccc(Cl)cc1)CS2. The average molecular weight is 369 g/mol. The van der Waals surface area contributed by atoms with E-state index in [1.54, 1.807) is 40.9 Å². The largest absolute Gasteiger partial charge is 0.454 e. The van der Waals surface area contributed by atoms with Crippen LogP contribution in [0.1, 0.15) is 19.8 Å². The molecule has 6 nitrogen and oxygen atoms in total. The lowest BCUT2D eigenvalue weighted by atomic mass is 10.2. The number of benzene rings is 1. The zero-order chi connectivity index (χ0) is 17.3. The number of halogens is 1. The van der Waals surface area contributed by atoms with Gasteiger partial charge in [0.25, 0.3) is 5.91 Å². The second kappa shape index (κ2) is 6.64. The summed E-state index contributed by atoms with van der Waals surface area (Å²) in [6.07, 6.45) is 1.18. The highest BCUT2D eigenvalue weighted by Crippen LogP contribution is 2.47. The highest BCUT2D eigenvalue weighted by molar-refractivity contribution is 8.01. The van der Waals surface area contributed by atoms with Crippen molar-refractivity contribution >= 4 is 46.8 Å². The Labute approximate surface area is 148 Å². The molecule has 1 N–H and O–H groups in total. The molecule has 24 heavy (non-hydrogen) atoms. The molecule has 2 aliphatic heterocycles. The van der Waals surface area contributed by atoms with Crippen molar-refractivity contribution in [3.63, 3.8) is 0 Å². The van der Waals surface area contributed by atoms with Crippen LogP contribution in [0.3, 0.4) is 0 Å². The Kier molecular flexibility index (Phi) is 4.73. The van der Waals surface area contributed by atoms with Crippen molar-refractivity contribution in [3.8, 4) is 0 Å². The zero-order valence-electron chi connectivity index (χ0n) is 13.1. The van der Waals surface area contributed by atoms with E-state index in [0.29, 0.717) is 22.9 Å². The third kappa shape index (κ3) is 3.37. The van der Waals surface area contributed by atoms with Crippen LogP contribution in [0.5, 0.6) is 0 Å². The van der Waals surface area contributed by atoms with Crippen LogP contribution < -0.4 is 5.32 Å². The van der Waals surface area contributed by atoms with E-state index in [9.17, 15) is 14.4 Å². The Hall–Kier alpha value is -1.73. The second-order valence-electron chi connectivity index (χ2n) is 5.93. The minimum Gasteiger partial charge on any atom is -0.454 e. The molecule has 1 aromatic carbocycles. The van der Waals surface area contributed by atoms with Gasteiger partial charge in [-0.3, -0.25) is 9.59 Å².